The zero-order valence-corrected chi connectivity index (χ0v) is 8.09. The van der Waals surface area contributed by atoms with Crippen molar-refractivity contribution >= 4 is 6.16 Å². The van der Waals surface area contributed by atoms with E-state index in [1.54, 1.807) is 6.08 Å². The van der Waals surface area contributed by atoms with Crippen LogP contribution in [0.2, 0.25) is 0 Å². The number of carbonyl (C=O) groups is 1. The van der Waals surface area contributed by atoms with Gasteiger partial charge in [0.15, 0.2) is 0 Å². The Bertz CT molecular complexity index is 165. The van der Waals surface area contributed by atoms with Crippen molar-refractivity contribution in [3.05, 3.63) is 12.2 Å². The molecular formula is C9H16O3. The van der Waals surface area contributed by atoms with Gasteiger partial charge in [-0.25, -0.2) is 4.79 Å². The van der Waals surface area contributed by atoms with Gasteiger partial charge in [0.2, 0.25) is 0 Å². The van der Waals surface area contributed by atoms with Crippen molar-refractivity contribution in [1.29, 1.82) is 0 Å². The summed E-state index contributed by atoms with van der Waals surface area (Å²) < 4.78 is 8.93. The monoisotopic (exact) mass is 172 g/mol. The molecule has 0 spiro atoms. The molecule has 0 saturated carbocycles. The van der Waals surface area contributed by atoms with Crippen LogP contribution in [0.1, 0.15) is 20.8 Å². The summed E-state index contributed by atoms with van der Waals surface area (Å²) in [5.41, 5.74) is 0.124. The quantitative estimate of drug-likeness (QED) is 0.474. The molecule has 0 aromatic carbocycles. The van der Waals surface area contributed by atoms with Crippen LogP contribution in [0.25, 0.3) is 0 Å². The van der Waals surface area contributed by atoms with Gasteiger partial charge in [-0.1, -0.05) is 32.9 Å². The number of hydrogen-bond donors (Lipinski definition) is 0. The van der Waals surface area contributed by atoms with Gasteiger partial charge in [0.25, 0.3) is 0 Å². The number of allylic oxidation sites excluding steroid dienone is 1. The lowest BCUT2D eigenvalue weighted by Crippen LogP contribution is -2.05. The average Bonchev–Trinajstić information content (AvgIpc) is 1.96. The highest BCUT2D eigenvalue weighted by molar-refractivity contribution is 5.59. The highest BCUT2D eigenvalue weighted by atomic mass is 16.7. The fraction of sp³-hybridized carbons (Fsp3) is 0.667. The SMILES string of the molecule is COC(=O)OC/C=C/C(C)(C)C. The Morgan fingerprint density at radius 1 is 1.42 bits per heavy atom. The van der Waals surface area contributed by atoms with Gasteiger partial charge in [-0.05, 0) is 5.41 Å². The van der Waals surface area contributed by atoms with E-state index in [2.05, 4.69) is 30.2 Å². The normalized spacial score (nSPS) is 11.7. The first kappa shape index (κ1) is 11.0. The second-order valence-electron chi connectivity index (χ2n) is 3.53. The van der Waals surface area contributed by atoms with Gasteiger partial charge < -0.3 is 9.47 Å². The number of hydrogen-bond acceptors (Lipinski definition) is 3. The third-order valence-electron chi connectivity index (χ3n) is 1.08. The predicted molar refractivity (Wildman–Crippen MR) is 47.0 cm³/mol. The standard InChI is InChI=1S/C9H16O3/c1-9(2,3)6-5-7-12-8(10)11-4/h5-6H,7H2,1-4H3/b6-5+. The molecule has 0 aliphatic heterocycles. The molecule has 0 aliphatic carbocycles. The fourth-order valence-corrected chi connectivity index (χ4v) is 0.577. The lowest BCUT2D eigenvalue weighted by Gasteiger charge is -2.10. The van der Waals surface area contributed by atoms with E-state index in [9.17, 15) is 4.79 Å². The van der Waals surface area contributed by atoms with Crippen LogP contribution in [0, 0.1) is 5.41 Å². The van der Waals surface area contributed by atoms with Crippen LogP contribution in [0.5, 0.6) is 0 Å². The van der Waals surface area contributed by atoms with E-state index in [0.29, 0.717) is 0 Å². The lowest BCUT2D eigenvalue weighted by molar-refractivity contribution is 0.0816. The Hall–Kier alpha value is -0.990. The fourth-order valence-electron chi connectivity index (χ4n) is 0.577. The highest BCUT2D eigenvalue weighted by Gasteiger charge is 2.03. The summed E-state index contributed by atoms with van der Waals surface area (Å²) in [5, 5.41) is 0. The van der Waals surface area contributed by atoms with E-state index < -0.39 is 6.16 Å². The van der Waals surface area contributed by atoms with E-state index in [4.69, 9.17) is 0 Å². The van der Waals surface area contributed by atoms with Crippen molar-refractivity contribution in [2.75, 3.05) is 13.7 Å². The Balaban J connectivity index is 3.56. The van der Waals surface area contributed by atoms with Gasteiger partial charge in [0.1, 0.15) is 6.61 Å². The molecule has 0 unspecified atom stereocenters. The molecule has 0 atom stereocenters. The maximum absolute atomic E-state index is 10.5. The second-order valence-corrected chi connectivity index (χ2v) is 3.53. The van der Waals surface area contributed by atoms with Gasteiger partial charge in [0.05, 0.1) is 7.11 Å². The van der Waals surface area contributed by atoms with E-state index in [1.165, 1.54) is 7.11 Å². The van der Waals surface area contributed by atoms with Crippen LogP contribution >= 0.6 is 0 Å². The second kappa shape index (κ2) is 4.80. The zero-order chi connectivity index (χ0) is 9.61. The first-order valence-electron chi connectivity index (χ1n) is 3.84. The summed E-state index contributed by atoms with van der Waals surface area (Å²) in [7, 11) is 1.29. The number of methoxy groups -OCH3 is 1. The molecule has 0 fully saturated rings. The van der Waals surface area contributed by atoms with Gasteiger partial charge in [-0.2, -0.15) is 0 Å². The predicted octanol–water partition coefficient (Wildman–Crippen LogP) is 2.37. The minimum atomic E-state index is -0.645. The molecule has 0 saturated heterocycles. The van der Waals surface area contributed by atoms with Crippen molar-refractivity contribution in [1.82, 2.24) is 0 Å². The van der Waals surface area contributed by atoms with Crippen LogP contribution in [0.15, 0.2) is 12.2 Å². The van der Waals surface area contributed by atoms with E-state index in [-0.39, 0.29) is 12.0 Å². The summed E-state index contributed by atoms with van der Waals surface area (Å²) in [6.45, 7) is 6.48. The smallest absolute Gasteiger partial charge is 0.438 e. The molecule has 3 heteroatoms. The molecule has 12 heavy (non-hydrogen) atoms. The molecule has 0 aliphatic rings. The van der Waals surface area contributed by atoms with E-state index in [1.807, 2.05) is 6.08 Å². The minimum Gasteiger partial charge on any atom is -0.438 e. The molecule has 0 aromatic rings. The first-order valence-corrected chi connectivity index (χ1v) is 3.84. The van der Waals surface area contributed by atoms with E-state index in [0.717, 1.165) is 0 Å². The molecule has 0 amide bonds. The summed E-state index contributed by atoms with van der Waals surface area (Å²) in [6, 6.07) is 0. The van der Waals surface area contributed by atoms with Crippen LogP contribution < -0.4 is 0 Å². The maximum Gasteiger partial charge on any atom is 0.508 e. The number of carbonyl (C=O) groups excluding carboxylic acids is 1. The molecule has 0 radical (unpaired) electrons. The van der Waals surface area contributed by atoms with Gasteiger partial charge >= 0.3 is 6.16 Å². The Morgan fingerprint density at radius 3 is 2.42 bits per heavy atom. The van der Waals surface area contributed by atoms with Crippen LogP contribution in [0.4, 0.5) is 4.79 Å². The zero-order valence-electron chi connectivity index (χ0n) is 8.09. The molecule has 0 N–H and O–H groups in total. The summed E-state index contributed by atoms with van der Waals surface area (Å²) in [6.07, 6.45) is 3.14. The minimum absolute atomic E-state index is 0.124. The van der Waals surface area contributed by atoms with Crippen molar-refractivity contribution in [2.24, 2.45) is 5.41 Å². The lowest BCUT2D eigenvalue weighted by atomic mass is 9.96. The maximum atomic E-state index is 10.5. The van der Waals surface area contributed by atoms with Crippen LogP contribution in [-0.4, -0.2) is 19.9 Å². The molecule has 0 heterocycles. The summed E-state index contributed by atoms with van der Waals surface area (Å²) in [5.74, 6) is 0. The highest BCUT2D eigenvalue weighted by Crippen LogP contribution is 2.13. The van der Waals surface area contributed by atoms with E-state index >= 15 is 0 Å². The molecule has 70 valence electrons. The average molecular weight is 172 g/mol. The topological polar surface area (TPSA) is 35.5 Å². The van der Waals surface area contributed by atoms with Gasteiger partial charge in [-0.3, -0.25) is 0 Å². The van der Waals surface area contributed by atoms with Gasteiger partial charge in [-0.15, -0.1) is 0 Å². The Kier molecular flexibility index (Phi) is 4.40. The molecular weight excluding hydrogens is 156 g/mol. The largest absolute Gasteiger partial charge is 0.508 e. The van der Waals surface area contributed by atoms with Crippen molar-refractivity contribution < 1.29 is 14.3 Å². The molecule has 0 rings (SSSR count). The first-order chi connectivity index (χ1) is 5.45. The third-order valence-corrected chi connectivity index (χ3v) is 1.08. The molecule has 0 aromatic heterocycles. The van der Waals surface area contributed by atoms with Crippen molar-refractivity contribution in [3.63, 3.8) is 0 Å². The van der Waals surface area contributed by atoms with Crippen molar-refractivity contribution in [3.8, 4) is 0 Å². The van der Waals surface area contributed by atoms with Crippen LogP contribution in [0.3, 0.4) is 0 Å². The summed E-state index contributed by atoms with van der Waals surface area (Å²) >= 11 is 0. The van der Waals surface area contributed by atoms with Crippen LogP contribution in [-0.2, 0) is 9.47 Å². The number of rotatable bonds is 2. The van der Waals surface area contributed by atoms with Crippen molar-refractivity contribution in [2.45, 2.75) is 20.8 Å². The van der Waals surface area contributed by atoms with Gasteiger partial charge in [0, 0.05) is 0 Å². The molecule has 3 nitrogen and oxygen atoms in total. The Morgan fingerprint density at radius 2 is 2.00 bits per heavy atom. The molecule has 0 bridgehead atoms. The Labute approximate surface area is 73.4 Å². The summed E-state index contributed by atoms with van der Waals surface area (Å²) in [4.78, 5) is 10.5. The third kappa shape index (κ3) is 7.12. The number of ether oxygens (including phenoxy) is 2.